The van der Waals surface area contributed by atoms with Crippen LogP contribution < -0.4 is 0 Å². The lowest BCUT2D eigenvalue weighted by molar-refractivity contribution is 0.669. The van der Waals surface area contributed by atoms with Crippen molar-refractivity contribution in [1.82, 2.24) is 24.1 Å². The molecule has 0 aliphatic heterocycles. The Morgan fingerprint density at radius 3 is 1.58 bits per heavy atom. The van der Waals surface area contributed by atoms with Crippen LogP contribution in [0.4, 0.5) is 0 Å². The fourth-order valence-electron chi connectivity index (χ4n) is 8.53. The monoisotopic (exact) mass is 729 g/mol. The van der Waals surface area contributed by atoms with E-state index in [1.54, 1.807) is 0 Å². The molecular weight excluding hydrogens is 699 g/mol. The minimum atomic E-state index is 0.541. The standard InChI is InChI=1S/C51H31N5O/c1-3-13-32(14-4-1)33-23-25-34(26-24-33)49-52-50(35-27-28-40-39-19-9-12-22-47(39)57-48(40)29-35)54-51(53-49)56-44-21-11-8-18-38(44)42-30-41-37-17-7-10-20-43(37)55(45(41)31-46(42)56)36-15-5-2-6-16-36/h1-31H. The molecule has 0 fully saturated rings. The van der Waals surface area contributed by atoms with Gasteiger partial charge in [0, 0.05) is 49.1 Å². The molecular formula is C51H31N5O. The third kappa shape index (κ3) is 4.94. The summed E-state index contributed by atoms with van der Waals surface area (Å²) in [7, 11) is 0. The van der Waals surface area contributed by atoms with Crippen LogP contribution in [0.25, 0.3) is 111 Å². The highest BCUT2D eigenvalue weighted by Gasteiger charge is 2.21. The number of hydrogen-bond donors (Lipinski definition) is 0. The number of nitrogens with zero attached hydrogens (tertiary/aromatic N) is 5. The molecule has 4 aromatic heterocycles. The number of fused-ring (bicyclic) bond motifs is 9. The maximum Gasteiger partial charge on any atom is 0.238 e. The van der Waals surface area contributed by atoms with E-state index in [1.165, 1.54) is 10.8 Å². The van der Waals surface area contributed by atoms with Crippen molar-refractivity contribution in [3.05, 3.63) is 188 Å². The van der Waals surface area contributed by atoms with Crippen molar-refractivity contribution in [2.75, 3.05) is 0 Å². The first kappa shape index (κ1) is 31.5. The molecule has 12 aromatic rings. The van der Waals surface area contributed by atoms with Gasteiger partial charge in [-0.05, 0) is 65.7 Å². The van der Waals surface area contributed by atoms with Gasteiger partial charge < -0.3 is 8.98 Å². The maximum absolute atomic E-state index is 6.34. The molecule has 8 aromatic carbocycles. The average Bonchev–Trinajstić information content (AvgIpc) is 3.93. The van der Waals surface area contributed by atoms with Crippen molar-refractivity contribution >= 4 is 65.6 Å². The molecule has 12 rings (SSSR count). The van der Waals surface area contributed by atoms with Crippen LogP contribution in [-0.2, 0) is 0 Å². The minimum Gasteiger partial charge on any atom is -0.456 e. The summed E-state index contributed by atoms with van der Waals surface area (Å²) < 4.78 is 10.9. The van der Waals surface area contributed by atoms with Gasteiger partial charge in [0.25, 0.3) is 0 Å². The van der Waals surface area contributed by atoms with E-state index in [-0.39, 0.29) is 0 Å². The van der Waals surface area contributed by atoms with Crippen molar-refractivity contribution in [1.29, 1.82) is 0 Å². The van der Waals surface area contributed by atoms with E-state index in [9.17, 15) is 0 Å². The van der Waals surface area contributed by atoms with Gasteiger partial charge in [-0.15, -0.1) is 0 Å². The first-order valence-corrected chi connectivity index (χ1v) is 19.1. The molecule has 0 saturated heterocycles. The van der Waals surface area contributed by atoms with Crippen LogP contribution in [0.15, 0.2) is 192 Å². The van der Waals surface area contributed by atoms with E-state index in [0.29, 0.717) is 17.6 Å². The van der Waals surface area contributed by atoms with Crippen molar-refractivity contribution in [3.63, 3.8) is 0 Å². The molecule has 0 N–H and O–H groups in total. The molecule has 0 saturated carbocycles. The van der Waals surface area contributed by atoms with E-state index < -0.39 is 0 Å². The molecule has 0 spiro atoms. The summed E-state index contributed by atoms with van der Waals surface area (Å²) in [5.41, 5.74) is 11.1. The Labute approximate surface area is 326 Å². The van der Waals surface area contributed by atoms with Crippen LogP contribution >= 0.6 is 0 Å². The van der Waals surface area contributed by atoms with E-state index in [1.807, 2.05) is 30.3 Å². The Kier molecular flexibility index (Phi) is 6.83. The van der Waals surface area contributed by atoms with E-state index in [0.717, 1.165) is 82.7 Å². The highest BCUT2D eigenvalue weighted by Crippen LogP contribution is 2.40. The third-order valence-electron chi connectivity index (χ3n) is 11.2. The Morgan fingerprint density at radius 2 is 0.842 bits per heavy atom. The summed E-state index contributed by atoms with van der Waals surface area (Å²) in [6.07, 6.45) is 0. The lowest BCUT2D eigenvalue weighted by Gasteiger charge is -2.12. The molecule has 0 radical (unpaired) electrons. The van der Waals surface area contributed by atoms with Crippen LogP contribution in [-0.4, -0.2) is 24.1 Å². The Hall–Kier alpha value is -7.83. The Balaban J connectivity index is 1.13. The minimum absolute atomic E-state index is 0.541. The van der Waals surface area contributed by atoms with Gasteiger partial charge in [0.1, 0.15) is 11.2 Å². The van der Waals surface area contributed by atoms with Crippen LogP contribution in [0.5, 0.6) is 0 Å². The van der Waals surface area contributed by atoms with Crippen molar-refractivity contribution in [2.45, 2.75) is 0 Å². The van der Waals surface area contributed by atoms with E-state index in [2.05, 4.69) is 167 Å². The normalized spacial score (nSPS) is 11.9. The molecule has 0 amide bonds. The second-order valence-electron chi connectivity index (χ2n) is 14.5. The SMILES string of the molecule is c1ccc(-c2ccc(-c3nc(-c4ccc5c(c4)oc4ccccc45)nc(-n4c5ccccc5c5cc6c7ccccc7n(-c7ccccc7)c6cc54)n3)cc2)cc1. The van der Waals surface area contributed by atoms with Crippen LogP contribution in [0.1, 0.15) is 0 Å². The zero-order valence-electron chi connectivity index (χ0n) is 30.5. The number of para-hydroxylation sites is 4. The summed E-state index contributed by atoms with van der Waals surface area (Å²) >= 11 is 0. The highest BCUT2D eigenvalue weighted by molar-refractivity contribution is 6.19. The second kappa shape index (κ2) is 12.3. The zero-order chi connectivity index (χ0) is 37.5. The molecule has 0 aliphatic rings. The maximum atomic E-state index is 6.34. The second-order valence-corrected chi connectivity index (χ2v) is 14.5. The average molecular weight is 730 g/mol. The molecule has 0 unspecified atom stereocenters. The number of hydrogen-bond acceptors (Lipinski definition) is 4. The zero-order valence-corrected chi connectivity index (χ0v) is 30.5. The van der Waals surface area contributed by atoms with Gasteiger partial charge in [-0.2, -0.15) is 9.97 Å². The molecule has 0 bridgehead atoms. The van der Waals surface area contributed by atoms with E-state index >= 15 is 0 Å². The summed E-state index contributed by atoms with van der Waals surface area (Å²) in [4.78, 5) is 15.7. The highest BCUT2D eigenvalue weighted by atomic mass is 16.3. The van der Waals surface area contributed by atoms with Crippen LogP contribution in [0.2, 0.25) is 0 Å². The Bertz CT molecular complexity index is 3510. The summed E-state index contributed by atoms with van der Waals surface area (Å²) in [5, 5.41) is 6.80. The third-order valence-corrected chi connectivity index (χ3v) is 11.2. The van der Waals surface area contributed by atoms with Gasteiger partial charge in [-0.1, -0.05) is 133 Å². The Morgan fingerprint density at radius 1 is 0.316 bits per heavy atom. The van der Waals surface area contributed by atoms with Crippen LogP contribution in [0, 0.1) is 0 Å². The summed E-state index contributed by atoms with van der Waals surface area (Å²) in [6, 6.07) is 65.6. The number of rotatable bonds is 5. The first-order valence-electron chi connectivity index (χ1n) is 19.1. The molecule has 6 heteroatoms. The lowest BCUT2D eigenvalue weighted by Crippen LogP contribution is -2.06. The number of benzene rings is 8. The summed E-state index contributed by atoms with van der Waals surface area (Å²) in [5.74, 6) is 1.69. The first-order chi connectivity index (χ1) is 28.2. The van der Waals surface area contributed by atoms with Gasteiger partial charge in [-0.25, -0.2) is 4.98 Å². The molecule has 0 aliphatic carbocycles. The fraction of sp³-hybridized carbons (Fsp3) is 0. The van der Waals surface area contributed by atoms with E-state index in [4.69, 9.17) is 19.4 Å². The molecule has 0 atom stereocenters. The summed E-state index contributed by atoms with van der Waals surface area (Å²) in [6.45, 7) is 0. The van der Waals surface area contributed by atoms with Crippen molar-refractivity contribution < 1.29 is 4.42 Å². The number of aromatic nitrogens is 5. The smallest absolute Gasteiger partial charge is 0.238 e. The largest absolute Gasteiger partial charge is 0.456 e. The van der Waals surface area contributed by atoms with Gasteiger partial charge in [0.15, 0.2) is 11.6 Å². The predicted octanol–water partition coefficient (Wildman–Crippen LogP) is 13.0. The molecule has 6 nitrogen and oxygen atoms in total. The number of furan rings is 1. The topological polar surface area (TPSA) is 61.7 Å². The quantitative estimate of drug-likeness (QED) is 0.177. The van der Waals surface area contributed by atoms with Crippen LogP contribution in [0.3, 0.4) is 0 Å². The van der Waals surface area contributed by atoms with Gasteiger partial charge in [0.05, 0.1) is 22.1 Å². The van der Waals surface area contributed by atoms with Gasteiger partial charge in [-0.3, -0.25) is 4.57 Å². The molecule has 266 valence electrons. The lowest BCUT2D eigenvalue weighted by atomic mass is 10.0. The van der Waals surface area contributed by atoms with Crippen molar-refractivity contribution in [3.8, 4) is 45.5 Å². The predicted molar refractivity (Wildman–Crippen MR) is 232 cm³/mol. The van der Waals surface area contributed by atoms with Gasteiger partial charge >= 0.3 is 0 Å². The fourth-order valence-corrected chi connectivity index (χ4v) is 8.53. The van der Waals surface area contributed by atoms with Gasteiger partial charge in [0.2, 0.25) is 5.95 Å². The molecule has 57 heavy (non-hydrogen) atoms. The van der Waals surface area contributed by atoms with Crippen molar-refractivity contribution in [2.24, 2.45) is 0 Å². The molecule has 4 heterocycles.